The molecule has 3 aromatic carbocycles. The fourth-order valence-electron chi connectivity index (χ4n) is 3.83. The van der Waals surface area contributed by atoms with Gasteiger partial charge in [-0.25, -0.2) is 9.97 Å². The summed E-state index contributed by atoms with van der Waals surface area (Å²) >= 11 is 0. The van der Waals surface area contributed by atoms with Gasteiger partial charge in [0, 0.05) is 12.3 Å². The lowest BCUT2D eigenvalue weighted by Gasteiger charge is -2.14. The van der Waals surface area contributed by atoms with Crippen LogP contribution in [0.3, 0.4) is 0 Å². The summed E-state index contributed by atoms with van der Waals surface area (Å²) in [6.07, 6.45) is 3.41. The van der Waals surface area contributed by atoms with Crippen molar-refractivity contribution in [2.24, 2.45) is 0 Å². The van der Waals surface area contributed by atoms with E-state index >= 15 is 0 Å². The van der Waals surface area contributed by atoms with Crippen molar-refractivity contribution in [3.63, 3.8) is 0 Å². The molecule has 9 heteroatoms. The van der Waals surface area contributed by atoms with E-state index in [4.69, 9.17) is 5.73 Å². The van der Waals surface area contributed by atoms with E-state index in [-0.39, 0.29) is 17.4 Å². The second-order valence-electron chi connectivity index (χ2n) is 7.86. The quantitative estimate of drug-likeness (QED) is 0.208. The van der Waals surface area contributed by atoms with Crippen molar-refractivity contribution < 1.29 is 4.92 Å². The Labute approximate surface area is 195 Å². The summed E-state index contributed by atoms with van der Waals surface area (Å²) in [5, 5.41) is 14.6. The zero-order valence-corrected chi connectivity index (χ0v) is 18.3. The Bertz CT molecular complexity index is 1500. The summed E-state index contributed by atoms with van der Waals surface area (Å²) in [7, 11) is 0. The molecule has 5 aromatic rings. The van der Waals surface area contributed by atoms with E-state index < -0.39 is 4.92 Å². The highest BCUT2D eigenvalue weighted by molar-refractivity contribution is 5.84. The average Bonchev–Trinajstić information content (AvgIpc) is 3.28. The number of fused-ring (bicyclic) bond motifs is 1. The summed E-state index contributed by atoms with van der Waals surface area (Å²) < 4.78 is 1.88. The molecule has 3 N–H and O–H groups in total. The summed E-state index contributed by atoms with van der Waals surface area (Å²) in [5.41, 5.74) is 9.98. The second-order valence-corrected chi connectivity index (χ2v) is 7.86. The third kappa shape index (κ3) is 4.02. The number of hydrogen-bond donors (Lipinski definition) is 2. The minimum atomic E-state index is -0.481. The number of benzene rings is 3. The van der Waals surface area contributed by atoms with Gasteiger partial charge in [0.05, 0.1) is 22.0 Å². The van der Waals surface area contributed by atoms with Gasteiger partial charge in [-0.15, -0.1) is 0 Å². The number of nitrogens with two attached hydrogens (primary N) is 1. The molecule has 5 rings (SSSR count). The highest BCUT2D eigenvalue weighted by Gasteiger charge is 2.14. The van der Waals surface area contributed by atoms with Crippen LogP contribution in [0.5, 0.6) is 0 Å². The predicted molar refractivity (Wildman–Crippen MR) is 132 cm³/mol. The van der Waals surface area contributed by atoms with Gasteiger partial charge in [-0.1, -0.05) is 42.5 Å². The second kappa shape index (κ2) is 8.62. The molecule has 0 aliphatic carbocycles. The molecule has 0 saturated heterocycles. The summed E-state index contributed by atoms with van der Waals surface area (Å²) in [5.74, 6) is 1.19. The van der Waals surface area contributed by atoms with Crippen LogP contribution in [0.2, 0.25) is 0 Å². The largest absolute Gasteiger partial charge is 0.393 e. The van der Waals surface area contributed by atoms with Crippen LogP contribution in [0, 0.1) is 10.1 Å². The first-order chi connectivity index (χ1) is 16.5. The molecule has 0 aliphatic heterocycles. The van der Waals surface area contributed by atoms with Crippen LogP contribution in [-0.2, 0) is 0 Å². The van der Waals surface area contributed by atoms with Crippen molar-refractivity contribution in [1.82, 2.24) is 19.5 Å². The van der Waals surface area contributed by atoms with Crippen molar-refractivity contribution in [2.75, 3.05) is 11.1 Å². The number of nitrogen functional groups attached to an aromatic ring is 1. The highest BCUT2D eigenvalue weighted by Crippen LogP contribution is 2.31. The van der Waals surface area contributed by atoms with Crippen molar-refractivity contribution in [3.05, 3.63) is 101 Å². The molecular formula is C25H21N7O2. The molecule has 0 aliphatic rings. The van der Waals surface area contributed by atoms with Crippen LogP contribution in [0.15, 0.2) is 85.3 Å². The lowest BCUT2D eigenvalue weighted by molar-refractivity contribution is -0.383. The van der Waals surface area contributed by atoms with E-state index in [1.54, 1.807) is 24.7 Å². The van der Waals surface area contributed by atoms with Crippen molar-refractivity contribution in [3.8, 4) is 16.9 Å². The van der Waals surface area contributed by atoms with Gasteiger partial charge in [-0.3, -0.25) is 14.7 Å². The Morgan fingerprint density at radius 1 is 1.00 bits per heavy atom. The maximum absolute atomic E-state index is 11.2. The van der Waals surface area contributed by atoms with Crippen LogP contribution in [-0.4, -0.2) is 24.4 Å². The monoisotopic (exact) mass is 451 g/mol. The summed E-state index contributed by atoms with van der Waals surface area (Å²) in [6.45, 7) is 2.06. The number of nitro benzene ring substituents is 1. The first kappa shape index (κ1) is 21.1. The molecule has 0 bridgehead atoms. The van der Waals surface area contributed by atoms with Gasteiger partial charge in [0.2, 0.25) is 5.95 Å². The molecule has 34 heavy (non-hydrogen) atoms. The molecule has 168 valence electrons. The van der Waals surface area contributed by atoms with Crippen molar-refractivity contribution >= 4 is 28.4 Å². The highest BCUT2D eigenvalue weighted by atomic mass is 16.6. The number of nitrogens with one attached hydrogen (secondary N) is 1. The smallest absolute Gasteiger partial charge is 0.292 e. The Kier molecular flexibility index (Phi) is 5.35. The number of nitro groups is 1. The van der Waals surface area contributed by atoms with Crippen LogP contribution in [0.25, 0.3) is 28.0 Å². The van der Waals surface area contributed by atoms with Gasteiger partial charge in [-0.2, -0.15) is 4.98 Å². The van der Waals surface area contributed by atoms with Gasteiger partial charge < -0.3 is 11.1 Å². The number of nitrogens with zero attached hydrogens (tertiary/aromatic N) is 5. The minimum absolute atomic E-state index is 0.0440. The molecular weight excluding hydrogens is 430 g/mol. The number of aromatic nitrogens is 4. The van der Waals surface area contributed by atoms with E-state index in [0.717, 1.165) is 22.2 Å². The van der Waals surface area contributed by atoms with Crippen LogP contribution < -0.4 is 11.1 Å². The molecule has 0 fully saturated rings. The Hall–Kier alpha value is -4.79. The van der Waals surface area contributed by atoms with Gasteiger partial charge in [0.15, 0.2) is 0 Å². The van der Waals surface area contributed by atoms with E-state index in [0.29, 0.717) is 17.3 Å². The number of hydrogen-bond acceptors (Lipinski definition) is 7. The van der Waals surface area contributed by atoms with Crippen molar-refractivity contribution in [2.45, 2.75) is 13.0 Å². The van der Waals surface area contributed by atoms with E-state index in [2.05, 4.69) is 39.3 Å². The molecule has 0 spiro atoms. The molecule has 1 atom stereocenters. The standard InChI is InChI=1S/C25H21N7O2/c1-16(17-5-3-2-4-6-17)29-25-27-12-11-24(30-25)31-15-28-21-13-18(8-10-22(21)31)19-7-9-20(26)23(14-19)32(33)34/h2-16H,26H2,1H3,(H,27,29,30). The minimum Gasteiger partial charge on any atom is -0.393 e. The number of imidazole rings is 1. The summed E-state index contributed by atoms with van der Waals surface area (Å²) in [4.78, 5) is 24.3. The number of rotatable bonds is 6. The van der Waals surface area contributed by atoms with Gasteiger partial charge >= 0.3 is 0 Å². The Morgan fingerprint density at radius 3 is 2.56 bits per heavy atom. The molecule has 0 amide bonds. The molecule has 9 nitrogen and oxygen atoms in total. The SMILES string of the molecule is CC(Nc1nccc(-n2cnc3cc(-c4ccc(N)c([N+](=O)[O-])c4)ccc32)n1)c1ccccc1. The summed E-state index contributed by atoms with van der Waals surface area (Å²) in [6, 6.07) is 22.4. The molecule has 2 heterocycles. The first-order valence-corrected chi connectivity index (χ1v) is 10.7. The van der Waals surface area contributed by atoms with E-state index in [1.807, 2.05) is 47.0 Å². The first-order valence-electron chi connectivity index (χ1n) is 10.7. The zero-order chi connectivity index (χ0) is 23.7. The van der Waals surface area contributed by atoms with Crippen LogP contribution in [0.4, 0.5) is 17.3 Å². The average molecular weight is 451 g/mol. The lowest BCUT2D eigenvalue weighted by atomic mass is 10.0. The molecule has 0 radical (unpaired) electrons. The number of anilines is 2. The van der Waals surface area contributed by atoms with Gasteiger partial charge in [0.1, 0.15) is 17.8 Å². The van der Waals surface area contributed by atoms with Gasteiger partial charge in [-0.05, 0) is 47.9 Å². The van der Waals surface area contributed by atoms with E-state index in [9.17, 15) is 10.1 Å². The molecule has 2 aromatic heterocycles. The zero-order valence-electron chi connectivity index (χ0n) is 18.3. The fourth-order valence-corrected chi connectivity index (χ4v) is 3.83. The maximum atomic E-state index is 11.2. The predicted octanol–water partition coefficient (Wildman–Crippen LogP) is 5.15. The lowest BCUT2D eigenvalue weighted by Crippen LogP contribution is -2.10. The molecule has 1 unspecified atom stereocenters. The normalized spacial score (nSPS) is 11.9. The van der Waals surface area contributed by atoms with Crippen molar-refractivity contribution in [1.29, 1.82) is 0 Å². The van der Waals surface area contributed by atoms with Crippen LogP contribution >= 0.6 is 0 Å². The van der Waals surface area contributed by atoms with Crippen LogP contribution in [0.1, 0.15) is 18.5 Å². The third-order valence-corrected chi connectivity index (χ3v) is 5.64. The molecule has 0 saturated carbocycles. The maximum Gasteiger partial charge on any atom is 0.292 e. The Morgan fingerprint density at radius 2 is 1.76 bits per heavy atom. The topological polar surface area (TPSA) is 125 Å². The Balaban J connectivity index is 1.45. The third-order valence-electron chi connectivity index (χ3n) is 5.64. The van der Waals surface area contributed by atoms with Gasteiger partial charge in [0.25, 0.3) is 5.69 Å². The van der Waals surface area contributed by atoms with E-state index in [1.165, 1.54) is 6.07 Å². The fraction of sp³-hybridized carbons (Fsp3) is 0.0800.